The van der Waals surface area contributed by atoms with Crippen molar-refractivity contribution in [3.8, 4) is 0 Å². The van der Waals surface area contributed by atoms with E-state index in [1.165, 1.54) is 6.07 Å². The molecule has 1 aliphatic heterocycles. The topological polar surface area (TPSA) is 109 Å². The largest absolute Gasteiger partial charge is 0.760 e. The molecule has 12 heteroatoms. The fourth-order valence-corrected chi connectivity index (χ4v) is 3.92. The molecule has 0 bridgehead atoms. The summed E-state index contributed by atoms with van der Waals surface area (Å²) in [6, 6.07) is 8.68. The molecule has 2 aromatic rings. The van der Waals surface area contributed by atoms with Crippen LogP contribution in [0.25, 0.3) is 0 Å². The number of alkyl halides is 3. The Hall–Kier alpha value is -2.70. The highest BCUT2D eigenvalue weighted by Gasteiger charge is 2.34. The molecule has 1 atom stereocenters. The number of hydrogen-bond acceptors (Lipinski definition) is 5. The van der Waals surface area contributed by atoms with Gasteiger partial charge in [-0.3, -0.25) is 4.21 Å². The summed E-state index contributed by atoms with van der Waals surface area (Å²) >= 11 is -2.31. The number of carbonyl (C=O) groups is 1. The summed E-state index contributed by atoms with van der Waals surface area (Å²) in [5, 5.41) is 5.35. The van der Waals surface area contributed by atoms with E-state index in [9.17, 15) is 26.7 Å². The fourth-order valence-electron chi connectivity index (χ4n) is 3.65. The molecule has 3 rings (SSSR count). The van der Waals surface area contributed by atoms with Gasteiger partial charge in [0.15, 0.2) is 0 Å². The van der Waals surface area contributed by atoms with Gasteiger partial charge >= 0.3 is 12.2 Å². The van der Waals surface area contributed by atoms with E-state index in [0.717, 1.165) is 24.5 Å². The number of rotatable bonds is 8. The van der Waals surface area contributed by atoms with Crippen LogP contribution in [0.5, 0.6) is 0 Å². The van der Waals surface area contributed by atoms with Gasteiger partial charge in [-0.1, -0.05) is 25.1 Å². The maximum Gasteiger partial charge on any atom is 0.433 e. The molecule has 2 amide bonds. The van der Waals surface area contributed by atoms with Gasteiger partial charge in [0.2, 0.25) is 0 Å². The van der Waals surface area contributed by atoms with Gasteiger partial charge in [0, 0.05) is 48.7 Å². The lowest BCUT2D eigenvalue weighted by Crippen LogP contribution is -2.35. The van der Waals surface area contributed by atoms with Crippen molar-refractivity contribution in [3.05, 3.63) is 53.2 Å². The molecule has 8 nitrogen and oxygen atoms in total. The van der Waals surface area contributed by atoms with Crippen LogP contribution in [0.3, 0.4) is 0 Å². The summed E-state index contributed by atoms with van der Waals surface area (Å²) < 4.78 is 62.9. The minimum atomic E-state index is -4.55. The van der Waals surface area contributed by atoms with Crippen molar-refractivity contribution in [2.75, 3.05) is 29.9 Å². The molecule has 0 spiro atoms. The molecule has 0 aliphatic carbocycles. The SMILES string of the molecule is CC1CCN(c2nc(C(F)(F)F)ccc2CNC(=O)Nc2ccc(CCNS(=O)[O-])cc2)CC1. The van der Waals surface area contributed by atoms with Crippen molar-refractivity contribution in [1.82, 2.24) is 15.0 Å². The van der Waals surface area contributed by atoms with Gasteiger partial charge in [0.25, 0.3) is 0 Å². The van der Waals surface area contributed by atoms with E-state index in [1.54, 1.807) is 24.3 Å². The quantitative estimate of drug-likeness (QED) is 0.482. The van der Waals surface area contributed by atoms with E-state index in [2.05, 4.69) is 27.3 Å². The zero-order chi connectivity index (χ0) is 24.7. The van der Waals surface area contributed by atoms with Crippen molar-refractivity contribution in [3.63, 3.8) is 0 Å². The van der Waals surface area contributed by atoms with Crippen LogP contribution >= 0.6 is 0 Å². The number of carbonyl (C=O) groups excluding carboxylic acids is 1. The van der Waals surface area contributed by atoms with Crippen molar-refractivity contribution in [2.45, 2.75) is 38.9 Å². The van der Waals surface area contributed by atoms with E-state index in [1.807, 2.05) is 4.90 Å². The number of aromatic nitrogens is 1. The van der Waals surface area contributed by atoms with Crippen LogP contribution in [0.1, 0.15) is 36.6 Å². The zero-order valence-corrected chi connectivity index (χ0v) is 19.5. The van der Waals surface area contributed by atoms with Gasteiger partial charge in [-0.2, -0.15) is 13.2 Å². The van der Waals surface area contributed by atoms with Gasteiger partial charge in [0.05, 0.1) is 0 Å². The molecule has 34 heavy (non-hydrogen) atoms. The highest BCUT2D eigenvalue weighted by Crippen LogP contribution is 2.32. The summed E-state index contributed by atoms with van der Waals surface area (Å²) in [7, 11) is 0. The second-order valence-electron chi connectivity index (χ2n) is 8.23. The molecule has 0 radical (unpaired) electrons. The lowest BCUT2D eigenvalue weighted by atomic mass is 9.99. The molecular formula is C22H27F3N5O3S-. The number of piperidine rings is 1. The summed E-state index contributed by atoms with van der Waals surface area (Å²) in [5.74, 6) is 0.756. The lowest BCUT2D eigenvalue weighted by Gasteiger charge is -2.33. The zero-order valence-electron chi connectivity index (χ0n) is 18.7. The van der Waals surface area contributed by atoms with E-state index in [0.29, 0.717) is 36.7 Å². The first-order valence-electron chi connectivity index (χ1n) is 10.9. The van der Waals surface area contributed by atoms with Crippen molar-refractivity contribution in [2.24, 2.45) is 5.92 Å². The van der Waals surface area contributed by atoms with Crippen LogP contribution in [-0.2, 0) is 30.4 Å². The van der Waals surface area contributed by atoms with E-state index >= 15 is 0 Å². The number of nitrogens with one attached hydrogen (secondary N) is 3. The number of benzene rings is 1. The third-order valence-corrected chi connectivity index (χ3v) is 6.05. The van der Waals surface area contributed by atoms with E-state index < -0.39 is 29.2 Å². The first-order valence-corrected chi connectivity index (χ1v) is 12.0. The smallest absolute Gasteiger partial charge is 0.433 e. The van der Waals surface area contributed by atoms with Gasteiger partial charge in [-0.25, -0.2) is 14.5 Å². The molecule has 1 saturated heterocycles. The van der Waals surface area contributed by atoms with Gasteiger partial charge in [0.1, 0.15) is 11.5 Å². The molecular weight excluding hydrogens is 471 g/mol. The minimum Gasteiger partial charge on any atom is -0.760 e. The molecule has 3 N–H and O–H groups in total. The van der Waals surface area contributed by atoms with Crippen molar-refractivity contribution < 1.29 is 26.7 Å². The highest BCUT2D eigenvalue weighted by molar-refractivity contribution is 7.77. The van der Waals surface area contributed by atoms with E-state index in [4.69, 9.17) is 0 Å². The van der Waals surface area contributed by atoms with Gasteiger partial charge in [-0.05, 0) is 48.9 Å². The summed E-state index contributed by atoms with van der Waals surface area (Å²) in [6.45, 7) is 3.63. The van der Waals surface area contributed by atoms with Crippen molar-refractivity contribution in [1.29, 1.82) is 0 Å². The number of hydrogen-bond donors (Lipinski definition) is 3. The van der Waals surface area contributed by atoms with Crippen LogP contribution < -0.4 is 20.3 Å². The van der Waals surface area contributed by atoms with Gasteiger partial charge < -0.3 is 20.1 Å². The second-order valence-corrected chi connectivity index (χ2v) is 8.99. The molecule has 1 aromatic heterocycles. The Morgan fingerprint density at radius 1 is 1.18 bits per heavy atom. The van der Waals surface area contributed by atoms with Crippen LogP contribution in [0.4, 0.5) is 29.5 Å². The number of urea groups is 1. The van der Waals surface area contributed by atoms with Crippen LogP contribution in [0.2, 0.25) is 0 Å². The number of amides is 2. The molecule has 1 aliphatic rings. The predicted octanol–water partition coefficient (Wildman–Crippen LogP) is 3.58. The Morgan fingerprint density at radius 3 is 2.47 bits per heavy atom. The summed E-state index contributed by atoms with van der Waals surface area (Å²) in [5.41, 5.74) is 0.972. The Bertz CT molecular complexity index is 996. The fraction of sp³-hybridized carbons (Fsp3) is 0.455. The molecule has 1 unspecified atom stereocenters. The monoisotopic (exact) mass is 498 g/mol. The number of nitrogens with zero attached hydrogens (tertiary/aromatic N) is 2. The Morgan fingerprint density at radius 2 is 1.85 bits per heavy atom. The maximum atomic E-state index is 13.2. The van der Waals surface area contributed by atoms with Crippen LogP contribution in [-0.4, -0.2) is 39.4 Å². The number of halogens is 3. The molecule has 1 aromatic carbocycles. The average Bonchev–Trinajstić information content (AvgIpc) is 2.78. The number of pyridine rings is 1. The van der Waals surface area contributed by atoms with Crippen LogP contribution in [0, 0.1) is 5.92 Å². The van der Waals surface area contributed by atoms with Crippen LogP contribution in [0.15, 0.2) is 36.4 Å². The first kappa shape index (κ1) is 25.9. The Labute approximate surface area is 198 Å². The van der Waals surface area contributed by atoms with Gasteiger partial charge in [-0.15, -0.1) is 0 Å². The molecule has 2 heterocycles. The summed E-state index contributed by atoms with van der Waals surface area (Å²) in [6.07, 6.45) is -2.31. The third kappa shape index (κ3) is 7.67. The summed E-state index contributed by atoms with van der Waals surface area (Å²) in [4.78, 5) is 18.1. The standard InChI is InChI=1S/C22H28F3N5O3S/c1-15-9-12-30(13-10-15)20-17(4-7-19(29-20)22(23,24)25)14-26-21(31)28-18-5-2-16(3-6-18)8-11-27-34(32)33/h2-7,15,27H,8-14H2,1H3,(H,32,33)(H2,26,28,31)/p-1. The van der Waals surface area contributed by atoms with E-state index in [-0.39, 0.29) is 18.9 Å². The first-order chi connectivity index (χ1) is 16.1. The molecule has 0 saturated carbocycles. The maximum absolute atomic E-state index is 13.2. The normalized spacial score (nSPS) is 15.7. The second kappa shape index (κ2) is 11.6. The molecule has 1 fully saturated rings. The highest BCUT2D eigenvalue weighted by atomic mass is 32.2. The van der Waals surface area contributed by atoms with Crippen molar-refractivity contribution >= 4 is 28.8 Å². The third-order valence-electron chi connectivity index (χ3n) is 5.61. The Balaban J connectivity index is 1.61. The predicted molar refractivity (Wildman–Crippen MR) is 123 cm³/mol. The molecule has 186 valence electrons. The number of anilines is 2. The minimum absolute atomic E-state index is 0.0223. The average molecular weight is 499 g/mol. The lowest BCUT2D eigenvalue weighted by molar-refractivity contribution is -0.141. The Kier molecular flexibility index (Phi) is 8.86.